The highest BCUT2D eigenvalue weighted by atomic mass is 32.2. The zero-order valence-corrected chi connectivity index (χ0v) is 24.9. The number of rotatable bonds is 10. The highest BCUT2D eigenvalue weighted by Gasteiger charge is 2.31. The van der Waals surface area contributed by atoms with Gasteiger partial charge in [0, 0.05) is 12.6 Å². The molecule has 2 aromatic carbocycles. The molecule has 0 radical (unpaired) electrons. The monoisotopic (exact) mass is 557 g/mol. The van der Waals surface area contributed by atoms with Crippen molar-refractivity contribution in [3.63, 3.8) is 0 Å². The van der Waals surface area contributed by atoms with E-state index >= 15 is 0 Å². The number of nitrogens with one attached hydrogen (secondary N) is 1. The number of hydrogen-bond donors (Lipinski definition) is 1. The van der Waals surface area contributed by atoms with Crippen molar-refractivity contribution in [2.24, 2.45) is 0 Å². The Labute approximate surface area is 233 Å². The van der Waals surface area contributed by atoms with Crippen LogP contribution in [0.3, 0.4) is 0 Å². The molecule has 1 aliphatic carbocycles. The Kier molecular flexibility index (Phi) is 10.0. The molecule has 0 aliphatic heterocycles. The topological polar surface area (TPSA) is 96.0 Å². The smallest absolute Gasteiger partial charge is 0.244 e. The van der Waals surface area contributed by atoms with E-state index in [1.807, 2.05) is 24.3 Å². The van der Waals surface area contributed by atoms with Crippen LogP contribution in [0.15, 0.2) is 48.5 Å². The van der Waals surface area contributed by atoms with Gasteiger partial charge in [0.1, 0.15) is 18.3 Å². The zero-order valence-electron chi connectivity index (χ0n) is 24.1. The number of ether oxygens (including phenoxy) is 1. The van der Waals surface area contributed by atoms with Crippen LogP contribution in [0.5, 0.6) is 5.75 Å². The van der Waals surface area contributed by atoms with E-state index in [9.17, 15) is 18.0 Å². The molecular weight excluding hydrogens is 514 g/mol. The van der Waals surface area contributed by atoms with Crippen molar-refractivity contribution in [3.8, 4) is 5.75 Å². The summed E-state index contributed by atoms with van der Waals surface area (Å²) in [5.74, 6) is -0.00620. The van der Waals surface area contributed by atoms with Crippen molar-refractivity contribution in [1.82, 2.24) is 10.2 Å². The standard InChI is InChI=1S/C30H43N3O5S/c1-22(29(35)31-25-10-8-7-9-11-25)32(20-23-12-18-27(38-5)19-13-23)28(34)21-33(39(6,36)37)26-16-14-24(15-17-26)30(2,3)4/h12-19,22,25H,7-11,20-21H2,1-6H3,(H,31,35)/t22-/m1/s1. The minimum Gasteiger partial charge on any atom is -0.497 e. The lowest BCUT2D eigenvalue weighted by atomic mass is 9.87. The average Bonchev–Trinajstić information content (AvgIpc) is 2.89. The molecule has 1 aliphatic rings. The number of hydrogen-bond acceptors (Lipinski definition) is 5. The van der Waals surface area contributed by atoms with Gasteiger partial charge in [-0.1, -0.05) is 64.3 Å². The maximum absolute atomic E-state index is 13.8. The molecule has 8 nitrogen and oxygen atoms in total. The maximum Gasteiger partial charge on any atom is 0.244 e. The first-order chi connectivity index (χ1) is 18.3. The molecule has 2 amide bonds. The Balaban J connectivity index is 1.87. The predicted molar refractivity (Wildman–Crippen MR) is 155 cm³/mol. The van der Waals surface area contributed by atoms with Crippen LogP contribution in [0.1, 0.15) is 70.9 Å². The maximum atomic E-state index is 13.8. The molecule has 1 fully saturated rings. The van der Waals surface area contributed by atoms with Crippen LogP contribution in [0.4, 0.5) is 5.69 Å². The second-order valence-electron chi connectivity index (χ2n) is 11.5. The van der Waals surface area contributed by atoms with Crippen molar-refractivity contribution < 1.29 is 22.7 Å². The molecule has 39 heavy (non-hydrogen) atoms. The molecule has 3 rings (SSSR count). The van der Waals surface area contributed by atoms with Gasteiger partial charge in [0.25, 0.3) is 0 Å². The number of nitrogens with zero attached hydrogens (tertiary/aromatic N) is 2. The third-order valence-corrected chi connectivity index (χ3v) is 8.47. The molecule has 0 bridgehead atoms. The first-order valence-electron chi connectivity index (χ1n) is 13.6. The number of amides is 2. The third kappa shape index (κ3) is 8.46. The van der Waals surface area contributed by atoms with Crippen LogP contribution in [0, 0.1) is 0 Å². The highest BCUT2D eigenvalue weighted by Crippen LogP contribution is 2.26. The number of sulfonamides is 1. The lowest BCUT2D eigenvalue weighted by Gasteiger charge is -2.33. The van der Waals surface area contributed by atoms with E-state index in [0.717, 1.165) is 47.4 Å². The van der Waals surface area contributed by atoms with Gasteiger partial charge in [0.05, 0.1) is 19.1 Å². The molecule has 9 heteroatoms. The molecule has 0 heterocycles. The van der Waals surface area contributed by atoms with E-state index in [4.69, 9.17) is 4.74 Å². The van der Waals surface area contributed by atoms with Gasteiger partial charge in [-0.3, -0.25) is 13.9 Å². The van der Waals surface area contributed by atoms with Crippen LogP contribution in [0.2, 0.25) is 0 Å². The summed E-state index contributed by atoms with van der Waals surface area (Å²) in [7, 11) is -2.20. The van der Waals surface area contributed by atoms with Crippen molar-refractivity contribution in [3.05, 3.63) is 59.7 Å². The van der Waals surface area contributed by atoms with Gasteiger partial charge in [-0.15, -0.1) is 0 Å². The summed E-state index contributed by atoms with van der Waals surface area (Å²) in [4.78, 5) is 28.5. The van der Waals surface area contributed by atoms with Gasteiger partial charge in [-0.25, -0.2) is 8.42 Å². The Morgan fingerprint density at radius 3 is 2.10 bits per heavy atom. The fraction of sp³-hybridized carbons (Fsp3) is 0.533. The predicted octanol–water partition coefficient (Wildman–Crippen LogP) is 4.62. The van der Waals surface area contributed by atoms with Crippen LogP contribution in [0.25, 0.3) is 0 Å². The van der Waals surface area contributed by atoms with E-state index < -0.39 is 28.5 Å². The third-order valence-electron chi connectivity index (χ3n) is 7.33. The molecule has 1 N–H and O–H groups in total. The Hall–Kier alpha value is -3.07. The van der Waals surface area contributed by atoms with E-state index in [-0.39, 0.29) is 23.9 Å². The highest BCUT2D eigenvalue weighted by molar-refractivity contribution is 7.92. The van der Waals surface area contributed by atoms with Crippen LogP contribution in [-0.2, 0) is 31.6 Å². The van der Waals surface area contributed by atoms with Crippen molar-refractivity contribution in [2.75, 3.05) is 24.2 Å². The number of anilines is 1. The zero-order chi connectivity index (χ0) is 28.8. The van der Waals surface area contributed by atoms with Gasteiger partial charge in [0.15, 0.2) is 0 Å². The van der Waals surface area contributed by atoms with Gasteiger partial charge in [0.2, 0.25) is 21.8 Å². The lowest BCUT2D eigenvalue weighted by molar-refractivity contribution is -0.139. The number of benzene rings is 2. The molecule has 1 atom stereocenters. The van der Waals surface area contributed by atoms with Crippen molar-refractivity contribution in [2.45, 2.75) is 83.8 Å². The van der Waals surface area contributed by atoms with Crippen LogP contribution < -0.4 is 14.4 Å². The fourth-order valence-corrected chi connectivity index (χ4v) is 5.67. The van der Waals surface area contributed by atoms with Gasteiger partial charge >= 0.3 is 0 Å². The summed E-state index contributed by atoms with van der Waals surface area (Å²) < 4.78 is 32.0. The van der Waals surface area contributed by atoms with Gasteiger partial charge in [-0.2, -0.15) is 0 Å². The fourth-order valence-electron chi connectivity index (χ4n) is 4.82. The van der Waals surface area contributed by atoms with E-state index in [2.05, 4.69) is 26.1 Å². The minimum absolute atomic E-state index is 0.0967. The molecule has 1 saturated carbocycles. The lowest BCUT2D eigenvalue weighted by Crippen LogP contribution is -2.52. The average molecular weight is 558 g/mol. The SMILES string of the molecule is COc1ccc(CN(C(=O)CN(c2ccc(C(C)(C)C)cc2)S(C)(=O)=O)[C@H](C)C(=O)NC2CCCCC2)cc1. The quantitative estimate of drug-likeness (QED) is 0.460. The molecule has 0 saturated heterocycles. The summed E-state index contributed by atoms with van der Waals surface area (Å²) >= 11 is 0. The number of carbonyl (C=O) groups excluding carboxylic acids is 2. The second-order valence-corrected chi connectivity index (χ2v) is 13.4. The molecule has 0 spiro atoms. The summed E-state index contributed by atoms with van der Waals surface area (Å²) in [6.07, 6.45) is 6.26. The van der Waals surface area contributed by atoms with Gasteiger partial charge < -0.3 is 15.0 Å². The Morgan fingerprint density at radius 2 is 1.59 bits per heavy atom. The minimum atomic E-state index is -3.78. The largest absolute Gasteiger partial charge is 0.497 e. The van der Waals surface area contributed by atoms with E-state index in [1.165, 1.54) is 11.3 Å². The normalized spacial score (nSPS) is 15.3. The molecule has 0 aromatic heterocycles. The van der Waals surface area contributed by atoms with E-state index in [1.54, 1.807) is 38.3 Å². The number of carbonyl (C=O) groups is 2. The van der Waals surface area contributed by atoms with Crippen molar-refractivity contribution in [1.29, 1.82) is 0 Å². The van der Waals surface area contributed by atoms with Crippen molar-refractivity contribution >= 4 is 27.5 Å². The number of methoxy groups -OCH3 is 1. The summed E-state index contributed by atoms with van der Waals surface area (Å²) in [6.45, 7) is 7.68. The molecular formula is C30H43N3O5S. The van der Waals surface area contributed by atoms with E-state index in [0.29, 0.717) is 11.4 Å². The Bertz CT molecular complexity index is 1210. The summed E-state index contributed by atoms with van der Waals surface area (Å²) in [5, 5.41) is 3.11. The van der Waals surface area contributed by atoms with Crippen LogP contribution >= 0.6 is 0 Å². The summed E-state index contributed by atoms with van der Waals surface area (Å²) in [6, 6.07) is 13.8. The van der Waals surface area contributed by atoms with Crippen LogP contribution in [-0.4, -0.2) is 57.1 Å². The second kappa shape index (κ2) is 12.9. The van der Waals surface area contributed by atoms with Gasteiger partial charge in [-0.05, 0) is 60.6 Å². The molecule has 214 valence electrons. The Morgan fingerprint density at radius 1 is 1.00 bits per heavy atom. The first kappa shape index (κ1) is 30.5. The molecule has 0 unspecified atom stereocenters. The first-order valence-corrected chi connectivity index (χ1v) is 15.5. The molecule has 2 aromatic rings. The summed E-state index contributed by atoms with van der Waals surface area (Å²) in [5.41, 5.74) is 2.17.